The van der Waals surface area contributed by atoms with Crippen LogP contribution in [0.1, 0.15) is 17.2 Å². The van der Waals surface area contributed by atoms with Gasteiger partial charge < -0.3 is 33.9 Å². The number of hydrogen-bond donors (Lipinski definition) is 1. The van der Waals surface area contributed by atoms with E-state index in [1.165, 1.54) is 39.4 Å². The first kappa shape index (κ1) is 27.4. The number of hydrogen-bond acceptors (Lipinski definition) is 8. The van der Waals surface area contributed by atoms with Gasteiger partial charge in [-0.25, -0.2) is 0 Å². The SMILES string of the molecule is COc1cccc(C2/C(=C(\O)c3cc(Cl)c(OC)c(Cl)c3OC)C(=O)C(=O)N2CCN(C)C)c1OC. The van der Waals surface area contributed by atoms with Gasteiger partial charge in [0.2, 0.25) is 0 Å². The topological polar surface area (TPSA) is 97.8 Å². The van der Waals surface area contributed by atoms with Crippen LogP contribution in [0.4, 0.5) is 0 Å². The summed E-state index contributed by atoms with van der Waals surface area (Å²) in [6.07, 6.45) is 0. The molecular weight excluding hydrogens is 511 g/mol. The van der Waals surface area contributed by atoms with Crippen LogP contribution in [0, 0.1) is 0 Å². The second kappa shape index (κ2) is 11.3. The van der Waals surface area contributed by atoms with Crippen molar-refractivity contribution in [3.63, 3.8) is 0 Å². The zero-order chi connectivity index (χ0) is 26.7. The summed E-state index contributed by atoms with van der Waals surface area (Å²) >= 11 is 12.7. The summed E-state index contributed by atoms with van der Waals surface area (Å²) in [7, 11) is 9.38. The number of carbonyl (C=O) groups is 2. The highest BCUT2D eigenvalue weighted by molar-refractivity contribution is 6.47. The maximum Gasteiger partial charge on any atom is 0.295 e. The molecule has 0 saturated carbocycles. The fourth-order valence-electron chi connectivity index (χ4n) is 4.16. The third kappa shape index (κ3) is 4.78. The van der Waals surface area contributed by atoms with Gasteiger partial charge in [-0.05, 0) is 26.2 Å². The minimum Gasteiger partial charge on any atom is -0.507 e. The Morgan fingerprint density at radius 3 is 2.19 bits per heavy atom. The van der Waals surface area contributed by atoms with E-state index in [4.69, 9.17) is 42.1 Å². The number of methoxy groups -OCH3 is 4. The summed E-state index contributed by atoms with van der Waals surface area (Å²) < 4.78 is 21.7. The van der Waals surface area contributed by atoms with Gasteiger partial charge >= 0.3 is 0 Å². The van der Waals surface area contributed by atoms with Gasteiger partial charge in [0.05, 0.1) is 50.6 Å². The van der Waals surface area contributed by atoms with Gasteiger partial charge in [0, 0.05) is 18.7 Å². The average Bonchev–Trinajstić information content (AvgIpc) is 3.10. The minimum atomic E-state index is -0.987. The van der Waals surface area contributed by atoms with Crippen molar-refractivity contribution >= 4 is 40.7 Å². The number of amides is 1. The molecule has 0 spiro atoms. The first-order valence-electron chi connectivity index (χ1n) is 10.9. The van der Waals surface area contributed by atoms with Crippen molar-refractivity contribution in [3.8, 4) is 23.0 Å². The van der Waals surface area contributed by atoms with Gasteiger partial charge in [0.25, 0.3) is 11.7 Å². The molecule has 11 heteroatoms. The maximum atomic E-state index is 13.4. The molecule has 2 aromatic carbocycles. The number of nitrogens with zero attached hydrogens (tertiary/aromatic N) is 2. The van der Waals surface area contributed by atoms with E-state index in [9.17, 15) is 14.7 Å². The molecule has 36 heavy (non-hydrogen) atoms. The number of para-hydroxylation sites is 1. The second-order valence-corrected chi connectivity index (χ2v) is 8.95. The van der Waals surface area contributed by atoms with E-state index in [2.05, 4.69) is 0 Å². The van der Waals surface area contributed by atoms with Crippen LogP contribution in [-0.2, 0) is 9.59 Å². The highest BCUT2D eigenvalue weighted by Gasteiger charge is 2.47. The quantitative estimate of drug-likeness (QED) is 0.290. The van der Waals surface area contributed by atoms with Crippen molar-refractivity contribution in [3.05, 3.63) is 51.0 Å². The molecule has 0 aliphatic carbocycles. The third-order valence-electron chi connectivity index (χ3n) is 5.85. The van der Waals surface area contributed by atoms with Crippen LogP contribution in [-0.4, -0.2) is 82.2 Å². The lowest BCUT2D eigenvalue weighted by molar-refractivity contribution is -0.140. The molecule has 1 fully saturated rings. The molecule has 0 aromatic heterocycles. The predicted octanol–water partition coefficient (Wildman–Crippen LogP) is 4.01. The molecule has 1 heterocycles. The van der Waals surface area contributed by atoms with Gasteiger partial charge in [-0.2, -0.15) is 0 Å². The number of likely N-dealkylation sites (tertiary alicyclic amines) is 1. The Kier molecular flexibility index (Phi) is 8.60. The van der Waals surface area contributed by atoms with Crippen molar-refractivity contribution in [2.24, 2.45) is 0 Å². The number of Topliss-reactive ketones (excluding diaryl/α,β-unsaturated/α-hetero) is 1. The fraction of sp³-hybridized carbons (Fsp3) is 0.360. The molecule has 1 aliphatic heterocycles. The Labute approximate surface area is 219 Å². The predicted molar refractivity (Wildman–Crippen MR) is 137 cm³/mol. The van der Waals surface area contributed by atoms with Crippen LogP contribution in [0.15, 0.2) is 29.8 Å². The monoisotopic (exact) mass is 538 g/mol. The Bertz CT molecular complexity index is 1210. The highest BCUT2D eigenvalue weighted by Crippen LogP contribution is 2.49. The van der Waals surface area contributed by atoms with Crippen LogP contribution in [0.5, 0.6) is 23.0 Å². The molecule has 1 unspecified atom stereocenters. The van der Waals surface area contributed by atoms with Crippen molar-refractivity contribution in [1.29, 1.82) is 0 Å². The fourth-order valence-corrected chi connectivity index (χ4v) is 4.85. The number of halogens is 2. The summed E-state index contributed by atoms with van der Waals surface area (Å²) in [5.74, 6) is -1.23. The molecule has 9 nitrogen and oxygen atoms in total. The molecule has 1 saturated heterocycles. The Balaban J connectivity index is 2.36. The highest BCUT2D eigenvalue weighted by atomic mass is 35.5. The van der Waals surface area contributed by atoms with E-state index in [0.717, 1.165) is 0 Å². The molecule has 3 rings (SSSR count). The van der Waals surface area contributed by atoms with E-state index in [1.54, 1.807) is 18.2 Å². The van der Waals surface area contributed by atoms with Crippen molar-refractivity contribution in [2.75, 3.05) is 55.6 Å². The Morgan fingerprint density at radius 2 is 1.64 bits per heavy atom. The molecule has 1 atom stereocenters. The number of carbonyl (C=O) groups excluding carboxylic acids is 2. The lowest BCUT2D eigenvalue weighted by Crippen LogP contribution is -2.35. The summed E-state index contributed by atoms with van der Waals surface area (Å²) in [4.78, 5) is 29.9. The van der Waals surface area contributed by atoms with Crippen LogP contribution < -0.4 is 18.9 Å². The zero-order valence-electron chi connectivity index (χ0n) is 20.8. The molecule has 1 N–H and O–H groups in total. The molecule has 0 radical (unpaired) electrons. The summed E-state index contributed by atoms with van der Waals surface area (Å²) in [5, 5.41) is 11.6. The first-order chi connectivity index (χ1) is 17.1. The van der Waals surface area contributed by atoms with Gasteiger partial charge in [-0.15, -0.1) is 0 Å². The van der Waals surface area contributed by atoms with Gasteiger partial charge in [-0.3, -0.25) is 9.59 Å². The molecule has 1 amide bonds. The molecule has 194 valence electrons. The normalized spacial score (nSPS) is 17.0. The number of aliphatic hydroxyl groups is 1. The third-order valence-corrected chi connectivity index (χ3v) is 6.47. The van der Waals surface area contributed by atoms with E-state index < -0.39 is 23.5 Å². The molecule has 2 aromatic rings. The number of benzene rings is 2. The van der Waals surface area contributed by atoms with E-state index in [1.807, 2.05) is 19.0 Å². The van der Waals surface area contributed by atoms with Crippen molar-refractivity contribution < 1.29 is 33.6 Å². The zero-order valence-corrected chi connectivity index (χ0v) is 22.4. The number of ether oxygens (including phenoxy) is 4. The lowest BCUT2D eigenvalue weighted by atomic mass is 9.94. The summed E-state index contributed by atoms with van der Waals surface area (Å²) in [6.45, 7) is 0.681. The Hall–Kier alpha value is -3.14. The van der Waals surface area contributed by atoms with Crippen LogP contribution in [0.3, 0.4) is 0 Å². The van der Waals surface area contributed by atoms with E-state index >= 15 is 0 Å². The number of likely N-dealkylation sites (N-methyl/N-ethyl adjacent to an activating group) is 1. The summed E-state index contributed by atoms with van der Waals surface area (Å²) in [6, 6.07) is 5.50. The van der Waals surface area contributed by atoms with Crippen LogP contribution in [0.25, 0.3) is 5.76 Å². The van der Waals surface area contributed by atoms with E-state index in [0.29, 0.717) is 23.6 Å². The standard InChI is InChI=1S/C25H28Cl2N2O7/c1-28(2)10-11-29-19(13-8-7-9-16(33-3)22(13)34-4)17(21(31)25(29)32)20(30)14-12-15(26)24(36-6)18(27)23(14)35-5/h7-9,12,19,30H,10-11H2,1-6H3/b20-17+. The van der Waals surface area contributed by atoms with Gasteiger partial charge in [-0.1, -0.05) is 35.3 Å². The maximum absolute atomic E-state index is 13.4. The molecule has 0 bridgehead atoms. The van der Waals surface area contributed by atoms with Crippen LogP contribution in [0.2, 0.25) is 10.0 Å². The minimum absolute atomic E-state index is 0.00592. The van der Waals surface area contributed by atoms with Gasteiger partial charge in [0.15, 0.2) is 23.0 Å². The van der Waals surface area contributed by atoms with Crippen LogP contribution >= 0.6 is 23.2 Å². The second-order valence-electron chi connectivity index (χ2n) is 8.16. The van der Waals surface area contributed by atoms with Crippen molar-refractivity contribution in [2.45, 2.75) is 6.04 Å². The number of ketones is 1. The molecule has 1 aliphatic rings. The number of aliphatic hydroxyl groups excluding tert-OH is 1. The smallest absolute Gasteiger partial charge is 0.295 e. The van der Waals surface area contributed by atoms with Gasteiger partial charge in [0.1, 0.15) is 10.8 Å². The van der Waals surface area contributed by atoms with Crippen molar-refractivity contribution in [1.82, 2.24) is 9.80 Å². The number of rotatable bonds is 9. The molecular formula is C25H28Cl2N2O7. The van der Waals surface area contributed by atoms with E-state index in [-0.39, 0.29) is 39.2 Å². The lowest BCUT2D eigenvalue weighted by Gasteiger charge is -2.28. The Morgan fingerprint density at radius 1 is 1.00 bits per heavy atom. The largest absolute Gasteiger partial charge is 0.507 e. The average molecular weight is 539 g/mol. The first-order valence-corrected chi connectivity index (χ1v) is 11.6. The summed E-state index contributed by atoms with van der Waals surface area (Å²) in [5.41, 5.74) is 0.327.